The van der Waals surface area contributed by atoms with Crippen LogP contribution < -0.4 is 5.32 Å². The van der Waals surface area contributed by atoms with Gasteiger partial charge in [0.25, 0.3) is 5.91 Å². The van der Waals surface area contributed by atoms with Crippen LogP contribution in [0.3, 0.4) is 0 Å². The molecule has 1 fully saturated rings. The molecular formula is C15H20N2O2S. The molecule has 0 spiro atoms. The second-order valence-electron chi connectivity index (χ2n) is 4.89. The van der Waals surface area contributed by atoms with Crippen molar-refractivity contribution in [2.75, 3.05) is 18.1 Å². The number of hydrogen-bond donors (Lipinski definition) is 1. The van der Waals surface area contributed by atoms with E-state index in [1.807, 2.05) is 37.3 Å². The molecule has 0 radical (unpaired) electrons. The van der Waals surface area contributed by atoms with E-state index >= 15 is 0 Å². The number of benzene rings is 1. The lowest BCUT2D eigenvalue weighted by Gasteiger charge is -2.36. The van der Waals surface area contributed by atoms with Gasteiger partial charge in [0.05, 0.1) is 6.54 Å². The minimum Gasteiger partial charge on any atom is -0.339 e. The van der Waals surface area contributed by atoms with Crippen LogP contribution in [0.4, 0.5) is 0 Å². The average Bonchev–Trinajstić information content (AvgIpc) is 2.47. The fourth-order valence-electron chi connectivity index (χ4n) is 2.29. The Morgan fingerprint density at radius 2 is 2.05 bits per heavy atom. The maximum Gasteiger partial charge on any atom is 0.250 e. The lowest BCUT2D eigenvalue weighted by molar-refractivity contribution is -0.146. The van der Waals surface area contributed by atoms with Crippen LogP contribution in [0.15, 0.2) is 30.3 Å². The standard InChI is InChI=1S/C15H20N2O2S/c1-3-20-10-11(2)17-9-13(18)16-14(15(17)19)12-7-5-4-6-8-12/h4-8,11,14H,3,9-10H2,1-2H3,(H,16,18). The molecule has 1 saturated heterocycles. The van der Waals surface area contributed by atoms with Gasteiger partial charge in [0, 0.05) is 11.8 Å². The summed E-state index contributed by atoms with van der Waals surface area (Å²) in [4.78, 5) is 26.1. The molecule has 2 rings (SSSR count). The molecule has 5 heteroatoms. The smallest absolute Gasteiger partial charge is 0.250 e. The van der Waals surface area contributed by atoms with Gasteiger partial charge >= 0.3 is 0 Å². The largest absolute Gasteiger partial charge is 0.339 e. The third kappa shape index (κ3) is 3.33. The molecule has 2 unspecified atom stereocenters. The van der Waals surface area contributed by atoms with Crippen molar-refractivity contribution in [1.29, 1.82) is 0 Å². The maximum atomic E-state index is 12.6. The Morgan fingerprint density at radius 1 is 1.35 bits per heavy atom. The van der Waals surface area contributed by atoms with Crippen molar-refractivity contribution in [3.05, 3.63) is 35.9 Å². The van der Waals surface area contributed by atoms with Crippen LogP contribution in [-0.2, 0) is 9.59 Å². The van der Waals surface area contributed by atoms with E-state index in [1.165, 1.54) is 0 Å². The van der Waals surface area contributed by atoms with E-state index in [0.29, 0.717) is 0 Å². The van der Waals surface area contributed by atoms with Gasteiger partial charge in [0.15, 0.2) is 0 Å². The van der Waals surface area contributed by atoms with Crippen LogP contribution in [0.1, 0.15) is 25.5 Å². The molecule has 0 aromatic heterocycles. The molecule has 4 nitrogen and oxygen atoms in total. The van der Waals surface area contributed by atoms with Crippen molar-refractivity contribution in [2.45, 2.75) is 25.9 Å². The molecule has 2 amide bonds. The highest BCUT2D eigenvalue weighted by molar-refractivity contribution is 7.99. The zero-order valence-electron chi connectivity index (χ0n) is 11.8. The number of carbonyl (C=O) groups is 2. The average molecular weight is 292 g/mol. The zero-order chi connectivity index (χ0) is 14.5. The monoisotopic (exact) mass is 292 g/mol. The SMILES string of the molecule is CCSCC(C)N1CC(=O)NC(c2ccccc2)C1=O. The highest BCUT2D eigenvalue weighted by Gasteiger charge is 2.35. The molecule has 1 aromatic rings. The quantitative estimate of drug-likeness (QED) is 0.900. The summed E-state index contributed by atoms with van der Waals surface area (Å²) in [6.07, 6.45) is 0. The minimum atomic E-state index is -0.550. The molecular weight excluding hydrogens is 272 g/mol. The summed E-state index contributed by atoms with van der Waals surface area (Å²) in [6, 6.07) is 8.93. The van der Waals surface area contributed by atoms with E-state index in [2.05, 4.69) is 12.2 Å². The van der Waals surface area contributed by atoms with Gasteiger partial charge in [-0.3, -0.25) is 9.59 Å². The summed E-state index contributed by atoms with van der Waals surface area (Å²) in [6.45, 7) is 4.25. The van der Waals surface area contributed by atoms with Crippen molar-refractivity contribution < 1.29 is 9.59 Å². The third-order valence-electron chi connectivity index (χ3n) is 3.38. The second-order valence-corrected chi connectivity index (χ2v) is 6.20. The number of amides is 2. The summed E-state index contributed by atoms with van der Waals surface area (Å²) in [7, 11) is 0. The summed E-state index contributed by atoms with van der Waals surface area (Å²) < 4.78 is 0. The molecule has 0 bridgehead atoms. The van der Waals surface area contributed by atoms with Crippen LogP contribution in [0.25, 0.3) is 0 Å². The first-order chi connectivity index (χ1) is 9.63. The Morgan fingerprint density at radius 3 is 2.70 bits per heavy atom. The first-order valence-electron chi connectivity index (χ1n) is 6.86. The molecule has 1 N–H and O–H groups in total. The Labute approximate surface area is 123 Å². The van der Waals surface area contributed by atoms with Crippen LogP contribution in [0.2, 0.25) is 0 Å². The third-order valence-corrected chi connectivity index (χ3v) is 4.50. The van der Waals surface area contributed by atoms with Gasteiger partial charge in [0.1, 0.15) is 6.04 Å². The van der Waals surface area contributed by atoms with Crippen molar-refractivity contribution in [3.8, 4) is 0 Å². The zero-order valence-corrected chi connectivity index (χ0v) is 12.7. The summed E-state index contributed by atoms with van der Waals surface area (Å²) in [5.41, 5.74) is 0.839. The highest BCUT2D eigenvalue weighted by Crippen LogP contribution is 2.21. The fourth-order valence-corrected chi connectivity index (χ4v) is 3.05. The van der Waals surface area contributed by atoms with E-state index in [4.69, 9.17) is 0 Å². The molecule has 1 aromatic carbocycles. The number of rotatable bonds is 5. The van der Waals surface area contributed by atoms with Crippen LogP contribution in [0.5, 0.6) is 0 Å². The number of thioether (sulfide) groups is 1. The normalized spacial score (nSPS) is 20.7. The van der Waals surface area contributed by atoms with Crippen molar-refractivity contribution >= 4 is 23.6 Å². The summed E-state index contributed by atoms with van der Waals surface area (Å²) in [5, 5.41) is 2.79. The van der Waals surface area contributed by atoms with E-state index in [0.717, 1.165) is 17.1 Å². The van der Waals surface area contributed by atoms with Gasteiger partial charge in [-0.25, -0.2) is 0 Å². The van der Waals surface area contributed by atoms with Gasteiger partial charge in [-0.15, -0.1) is 0 Å². The number of piperazine rings is 1. The predicted molar refractivity (Wildman–Crippen MR) is 81.5 cm³/mol. The lowest BCUT2D eigenvalue weighted by atomic mass is 10.0. The van der Waals surface area contributed by atoms with Gasteiger partial charge in [-0.2, -0.15) is 11.8 Å². The Hall–Kier alpha value is -1.49. The lowest BCUT2D eigenvalue weighted by Crippen LogP contribution is -2.56. The van der Waals surface area contributed by atoms with Gasteiger partial charge in [-0.05, 0) is 18.2 Å². The molecule has 2 atom stereocenters. The predicted octanol–water partition coefficient (Wildman–Crippen LogP) is 1.83. The topological polar surface area (TPSA) is 49.4 Å². The minimum absolute atomic E-state index is 0.0139. The number of nitrogens with one attached hydrogen (secondary N) is 1. The first-order valence-corrected chi connectivity index (χ1v) is 8.01. The molecule has 1 heterocycles. The fraction of sp³-hybridized carbons (Fsp3) is 0.467. The maximum absolute atomic E-state index is 12.6. The second kappa shape index (κ2) is 6.79. The summed E-state index contributed by atoms with van der Waals surface area (Å²) >= 11 is 1.78. The van der Waals surface area contributed by atoms with E-state index in [-0.39, 0.29) is 24.4 Å². The van der Waals surface area contributed by atoms with Crippen molar-refractivity contribution in [1.82, 2.24) is 10.2 Å². The van der Waals surface area contributed by atoms with Gasteiger partial charge in [0.2, 0.25) is 5.91 Å². The Kier molecular flexibility index (Phi) is 5.06. The van der Waals surface area contributed by atoms with Crippen LogP contribution >= 0.6 is 11.8 Å². The molecule has 1 aliphatic rings. The molecule has 0 saturated carbocycles. The molecule has 20 heavy (non-hydrogen) atoms. The Balaban J connectivity index is 2.15. The van der Waals surface area contributed by atoms with Gasteiger partial charge < -0.3 is 10.2 Å². The van der Waals surface area contributed by atoms with Crippen molar-refractivity contribution in [3.63, 3.8) is 0 Å². The van der Waals surface area contributed by atoms with Crippen LogP contribution in [0, 0.1) is 0 Å². The Bertz CT molecular complexity index is 478. The van der Waals surface area contributed by atoms with Crippen LogP contribution in [-0.4, -0.2) is 40.8 Å². The van der Waals surface area contributed by atoms with E-state index < -0.39 is 6.04 Å². The molecule has 0 aliphatic carbocycles. The number of nitrogens with zero attached hydrogens (tertiary/aromatic N) is 1. The number of hydrogen-bond acceptors (Lipinski definition) is 3. The number of carbonyl (C=O) groups excluding carboxylic acids is 2. The van der Waals surface area contributed by atoms with E-state index in [1.54, 1.807) is 16.7 Å². The first kappa shape index (κ1) is 14.9. The molecule has 1 aliphatic heterocycles. The molecule has 108 valence electrons. The summed E-state index contributed by atoms with van der Waals surface area (Å²) in [5.74, 6) is 1.77. The highest BCUT2D eigenvalue weighted by atomic mass is 32.2. The van der Waals surface area contributed by atoms with Crippen molar-refractivity contribution in [2.24, 2.45) is 0 Å². The van der Waals surface area contributed by atoms with Gasteiger partial charge in [-0.1, -0.05) is 37.3 Å². The van der Waals surface area contributed by atoms with E-state index in [9.17, 15) is 9.59 Å².